The van der Waals surface area contributed by atoms with Crippen molar-refractivity contribution in [3.05, 3.63) is 72.1 Å². The first-order chi connectivity index (χ1) is 10.7. The molecule has 6 nitrogen and oxygen atoms in total. The number of carbonyl (C=O) groups excluding carboxylic acids is 1. The topological polar surface area (TPSA) is 75.6 Å². The summed E-state index contributed by atoms with van der Waals surface area (Å²) in [6, 6.07) is 9.71. The second-order valence-corrected chi connectivity index (χ2v) is 5.08. The molecule has 1 atom stereocenters. The van der Waals surface area contributed by atoms with E-state index in [1.165, 1.54) is 0 Å². The number of benzene rings is 1. The number of H-pyrrole nitrogens is 1. The molecule has 1 aromatic carbocycles. The molecule has 0 radical (unpaired) electrons. The highest BCUT2D eigenvalue weighted by Crippen LogP contribution is 2.17. The molecular formula is C16H17N5O. The standard InChI is InChI=1S/C16H17N5O/c1-21-11-13(10-19-21)16(22)20-14(9-15-17-7-8-18-15)12-5-3-2-4-6-12/h2-8,10-11,14H,9H2,1H3,(H,17,18)(H,20,22)/t14-/m1/s1. The minimum Gasteiger partial charge on any atom is -0.349 e. The Kier molecular flexibility index (Phi) is 4.00. The molecule has 0 aliphatic carbocycles. The van der Waals surface area contributed by atoms with Crippen molar-refractivity contribution in [1.82, 2.24) is 25.1 Å². The Labute approximate surface area is 128 Å². The summed E-state index contributed by atoms with van der Waals surface area (Å²) in [5.41, 5.74) is 1.58. The van der Waals surface area contributed by atoms with Gasteiger partial charge in [-0.1, -0.05) is 30.3 Å². The molecule has 6 heteroatoms. The van der Waals surface area contributed by atoms with E-state index < -0.39 is 0 Å². The number of nitrogens with one attached hydrogen (secondary N) is 2. The maximum atomic E-state index is 12.4. The van der Waals surface area contributed by atoms with Crippen LogP contribution in [0, 0.1) is 0 Å². The van der Waals surface area contributed by atoms with Crippen molar-refractivity contribution in [2.75, 3.05) is 0 Å². The minimum absolute atomic E-state index is 0.145. The van der Waals surface area contributed by atoms with Gasteiger partial charge in [-0.15, -0.1) is 0 Å². The van der Waals surface area contributed by atoms with Gasteiger partial charge in [-0.2, -0.15) is 5.10 Å². The van der Waals surface area contributed by atoms with Crippen LogP contribution < -0.4 is 5.32 Å². The first-order valence-corrected chi connectivity index (χ1v) is 7.05. The predicted molar refractivity (Wildman–Crippen MR) is 82.1 cm³/mol. The molecule has 0 bridgehead atoms. The van der Waals surface area contributed by atoms with Gasteiger partial charge in [0.2, 0.25) is 0 Å². The molecule has 0 unspecified atom stereocenters. The van der Waals surface area contributed by atoms with Gasteiger partial charge in [0, 0.05) is 32.1 Å². The van der Waals surface area contributed by atoms with E-state index in [0.717, 1.165) is 11.4 Å². The second-order valence-electron chi connectivity index (χ2n) is 5.08. The molecule has 0 saturated heterocycles. The first-order valence-electron chi connectivity index (χ1n) is 7.05. The Hall–Kier alpha value is -2.89. The highest BCUT2D eigenvalue weighted by atomic mass is 16.1. The number of nitrogens with zero attached hydrogens (tertiary/aromatic N) is 3. The molecule has 2 aromatic heterocycles. The summed E-state index contributed by atoms with van der Waals surface area (Å²) in [7, 11) is 1.79. The van der Waals surface area contributed by atoms with E-state index in [1.807, 2.05) is 30.3 Å². The van der Waals surface area contributed by atoms with Crippen molar-refractivity contribution in [3.63, 3.8) is 0 Å². The molecule has 2 N–H and O–H groups in total. The minimum atomic E-state index is -0.153. The maximum absolute atomic E-state index is 12.4. The second kappa shape index (κ2) is 6.26. The van der Waals surface area contributed by atoms with Gasteiger partial charge in [0.25, 0.3) is 5.91 Å². The lowest BCUT2D eigenvalue weighted by atomic mass is 10.0. The largest absolute Gasteiger partial charge is 0.349 e. The molecule has 0 fully saturated rings. The summed E-state index contributed by atoms with van der Waals surface area (Å²) in [5, 5.41) is 7.08. The number of aromatic amines is 1. The number of hydrogen-bond acceptors (Lipinski definition) is 3. The third kappa shape index (κ3) is 3.22. The summed E-state index contributed by atoms with van der Waals surface area (Å²) in [4.78, 5) is 19.7. The molecule has 3 rings (SSSR count). The van der Waals surface area contributed by atoms with Crippen LogP contribution in [0.15, 0.2) is 55.1 Å². The smallest absolute Gasteiger partial charge is 0.254 e. The third-order valence-corrected chi connectivity index (χ3v) is 3.43. The highest BCUT2D eigenvalue weighted by molar-refractivity contribution is 5.93. The molecule has 0 aliphatic heterocycles. The molecule has 0 spiro atoms. The lowest BCUT2D eigenvalue weighted by Gasteiger charge is -2.18. The highest BCUT2D eigenvalue weighted by Gasteiger charge is 2.18. The van der Waals surface area contributed by atoms with Crippen LogP contribution in [-0.4, -0.2) is 25.7 Å². The summed E-state index contributed by atoms with van der Waals surface area (Å²) >= 11 is 0. The average Bonchev–Trinajstić information content (AvgIpc) is 3.19. The van der Waals surface area contributed by atoms with E-state index in [4.69, 9.17) is 0 Å². The van der Waals surface area contributed by atoms with Crippen LogP contribution in [0.25, 0.3) is 0 Å². The average molecular weight is 295 g/mol. The molecule has 22 heavy (non-hydrogen) atoms. The number of imidazole rings is 1. The summed E-state index contributed by atoms with van der Waals surface area (Å²) < 4.78 is 1.61. The van der Waals surface area contributed by atoms with Crippen molar-refractivity contribution < 1.29 is 4.79 Å². The Morgan fingerprint density at radius 2 is 2.18 bits per heavy atom. The monoisotopic (exact) mass is 295 g/mol. The van der Waals surface area contributed by atoms with Gasteiger partial charge in [0.1, 0.15) is 5.82 Å². The quantitative estimate of drug-likeness (QED) is 0.754. The molecule has 0 aliphatic rings. The van der Waals surface area contributed by atoms with Crippen LogP contribution >= 0.6 is 0 Å². The van der Waals surface area contributed by atoms with Gasteiger partial charge in [-0.05, 0) is 5.56 Å². The SMILES string of the molecule is Cn1cc(C(=O)N[C@H](Cc2ncc[nH]2)c2ccccc2)cn1. The van der Waals surface area contributed by atoms with Gasteiger partial charge < -0.3 is 10.3 Å². The maximum Gasteiger partial charge on any atom is 0.254 e. The Balaban J connectivity index is 1.80. The Morgan fingerprint density at radius 3 is 2.82 bits per heavy atom. The van der Waals surface area contributed by atoms with E-state index in [2.05, 4.69) is 20.4 Å². The fourth-order valence-corrected chi connectivity index (χ4v) is 2.32. The summed E-state index contributed by atoms with van der Waals surface area (Å²) in [6.45, 7) is 0. The molecule has 2 heterocycles. The lowest BCUT2D eigenvalue weighted by molar-refractivity contribution is 0.0936. The lowest BCUT2D eigenvalue weighted by Crippen LogP contribution is -2.30. The van der Waals surface area contributed by atoms with Crippen LogP contribution in [0.1, 0.15) is 27.8 Å². The van der Waals surface area contributed by atoms with E-state index >= 15 is 0 Å². The first kappa shape index (κ1) is 14.1. The number of aryl methyl sites for hydroxylation is 1. The van der Waals surface area contributed by atoms with Crippen molar-refractivity contribution in [3.8, 4) is 0 Å². The zero-order chi connectivity index (χ0) is 15.4. The van der Waals surface area contributed by atoms with Crippen molar-refractivity contribution in [2.24, 2.45) is 7.05 Å². The molecule has 1 amide bonds. The van der Waals surface area contributed by atoms with E-state index in [-0.39, 0.29) is 11.9 Å². The third-order valence-electron chi connectivity index (χ3n) is 3.43. The van der Waals surface area contributed by atoms with Crippen LogP contribution in [0.2, 0.25) is 0 Å². The fourth-order valence-electron chi connectivity index (χ4n) is 2.32. The number of amides is 1. The zero-order valence-electron chi connectivity index (χ0n) is 12.2. The Morgan fingerprint density at radius 1 is 1.36 bits per heavy atom. The number of hydrogen-bond donors (Lipinski definition) is 2. The predicted octanol–water partition coefficient (Wildman–Crippen LogP) is 1.86. The molecule has 0 saturated carbocycles. The zero-order valence-corrected chi connectivity index (χ0v) is 12.2. The molecular weight excluding hydrogens is 278 g/mol. The van der Waals surface area contributed by atoms with E-state index in [1.54, 1.807) is 36.5 Å². The number of rotatable bonds is 5. The van der Waals surface area contributed by atoms with Crippen molar-refractivity contribution in [2.45, 2.75) is 12.5 Å². The summed E-state index contributed by atoms with van der Waals surface area (Å²) in [5.74, 6) is 0.689. The molecule has 112 valence electrons. The van der Waals surface area contributed by atoms with Gasteiger partial charge in [-0.25, -0.2) is 4.98 Å². The van der Waals surface area contributed by atoms with Gasteiger partial charge in [-0.3, -0.25) is 9.48 Å². The van der Waals surface area contributed by atoms with Crippen LogP contribution in [0.5, 0.6) is 0 Å². The molecule has 3 aromatic rings. The van der Waals surface area contributed by atoms with Crippen LogP contribution in [-0.2, 0) is 13.5 Å². The van der Waals surface area contributed by atoms with Gasteiger partial charge in [0.15, 0.2) is 0 Å². The Bertz CT molecular complexity index is 733. The van der Waals surface area contributed by atoms with Crippen molar-refractivity contribution in [1.29, 1.82) is 0 Å². The van der Waals surface area contributed by atoms with Gasteiger partial charge in [0.05, 0.1) is 17.8 Å². The van der Waals surface area contributed by atoms with Crippen LogP contribution in [0.4, 0.5) is 0 Å². The van der Waals surface area contributed by atoms with Crippen LogP contribution in [0.3, 0.4) is 0 Å². The number of carbonyl (C=O) groups is 1. The van der Waals surface area contributed by atoms with E-state index in [9.17, 15) is 4.79 Å². The normalized spacial score (nSPS) is 12.0. The van der Waals surface area contributed by atoms with E-state index in [0.29, 0.717) is 12.0 Å². The van der Waals surface area contributed by atoms with Crippen molar-refractivity contribution >= 4 is 5.91 Å². The number of aromatic nitrogens is 4. The van der Waals surface area contributed by atoms with Gasteiger partial charge >= 0.3 is 0 Å². The summed E-state index contributed by atoms with van der Waals surface area (Å²) in [6.07, 6.45) is 7.35. The fraction of sp³-hybridized carbons (Fsp3) is 0.188.